The number of hydrogen-bond donors (Lipinski definition) is 2. The quantitative estimate of drug-likeness (QED) is 0.376. The molecule has 0 saturated heterocycles. The molecular weight excluding hydrogens is 438 g/mol. The maximum atomic E-state index is 12.2. The molecule has 3 rings (SSSR count). The number of aromatic nitrogens is 3. The molecule has 8 nitrogen and oxygen atoms in total. The first kappa shape index (κ1) is 22.8. The van der Waals surface area contributed by atoms with Crippen molar-refractivity contribution < 1.29 is 14.3 Å². The molecule has 0 aliphatic heterocycles. The van der Waals surface area contributed by atoms with Crippen LogP contribution in [0, 0.1) is 0 Å². The van der Waals surface area contributed by atoms with E-state index >= 15 is 0 Å². The largest absolute Gasteiger partial charge is 0.383 e. The summed E-state index contributed by atoms with van der Waals surface area (Å²) >= 11 is 7.57. The fourth-order valence-electron chi connectivity index (χ4n) is 2.75. The Labute approximate surface area is 189 Å². The van der Waals surface area contributed by atoms with E-state index in [1.165, 1.54) is 18.9 Å². The summed E-state index contributed by atoms with van der Waals surface area (Å²) in [6, 6.07) is 16.7. The highest BCUT2D eigenvalue weighted by atomic mass is 35.5. The lowest BCUT2D eigenvalue weighted by molar-refractivity contribution is -0.117. The van der Waals surface area contributed by atoms with Crippen LogP contribution in [-0.4, -0.2) is 52.7 Å². The van der Waals surface area contributed by atoms with Crippen molar-refractivity contribution in [3.8, 4) is 11.4 Å². The van der Waals surface area contributed by atoms with Crippen LogP contribution in [0.4, 0.5) is 4.79 Å². The van der Waals surface area contributed by atoms with Crippen molar-refractivity contribution >= 4 is 35.3 Å². The van der Waals surface area contributed by atoms with Crippen LogP contribution in [-0.2, 0) is 16.1 Å². The molecule has 0 atom stereocenters. The van der Waals surface area contributed by atoms with E-state index in [2.05, 4.69) is 20.8 Å². The lowest BCUT2D eigenvalue weighted by Gasteiger charge is -2.11. The van der Waals surface area contributed by atoms with Gasteiger partial charge in [-0.2, -0.15) is 0 Å². The van der Waals surface area contributed by atoms with Crippen LogP contribution in [0.15, 0.2) is 59.8 Å². The maximum absolute atomic E-state index is 12.2. The van der Waals surface area contributed by atoms with Crippen molar-refractivity contribution in [3.05, 3.63) is 65.2 Å². The van der Waals surface area contributed by atoms with E-state index in [0.717, 1.165) is 11.1 Å². The second kappa shape index (κ2) is 11.5. The summed E-state index contributed by atoms with van der Waals surface area (Å²) < 4.78 is 6.76. The number of urea groups is 1. The minimum atomic E-state index is -0.565. The first-order valence-corrected chi connectivity index (χ1v) is 10.9. The van der Waals surface area contributed by atoms with Crippen LogP contribution in [0.1, 0.15) is 5.56 Å². The predicted octanol–water partition coefficient (Wildman–Crippen LogP) is 3.21. The number of carbonyl (C=O) groups excluding carboxylic acids is 2. The fourth-order valence-corrected chi connectivity index (χ4v) is 3.71. The molecule has 162 valence electrons. The second-order valence-electron chi connectivity index (χ2n) is 6.44. The Morgan fingerprint density at radius 3 is 2.58 bits per heavy atom. The van der Waals surface area contributed by atoms with E-state index in [1.54, 1.807) is 6.07 Å². The van der Waals surface area contributed by atoms with Crippen molar-refractivity contribution in [2.24, 2.45) is 0 Å². The molecule has 2 N–H and O–H groups in total. The smallest absolute Gasteiger partial charge is 0.321 e. The van der Waals surface area contributed by atoms with Crippen LogP contribution < -0.4 is 10.6 Å². The minimum absolute atomic E-state index is 0.00709. The molecule has 31 heavy (non-hydrogen) atoms. The highest BCUT2D eigenvalue weighted by Gasteiger charge is 2.18. The zero-order valence-corrected chi connectivity index (χ0v) is 18.4. The summed E-state index contributed by atoms with van der Waals surface area (Å²) in [6.07, 6.45) is 0. The Bertz CT molecular complexity index is 1030. The maximum Gasteiger partial charge on any atom is 0.321 e. The Morgan fingerprint density at radius 1 is 1.10 bits per heavy atom. The standard InChI is InChI=1S/C21H22ClN5O3S/c1-30-12-11-23-20(29)24-18(28)14-31-21-26-25-19(16-9-5-6-10-17(16)22)27(21)13-15-7-3-2-4-8-15/h2-10H,11-14H2,1H3,(H2,23,24,28,29). The lowest BCUT2D eigenvalue weighted by atomic mass is 10.2. The molecule has 10 heteroatoms. The average molecular weight is 460 g/mol. The number of imide groups is 1. The zero-order valence-electron chi connectivity index (χ0n) is 16.9. The highest BCUT2D eigenvalue weighted by molar-refractivity contribution is 7.99. The molecule has 0 spiro atoms. The molecule has 0 aliphatic rings. The molecule has 0 unspecified atom stereocenters. The number of nitrogens with zero attached hydrogens (tertiary/aromatic N) is 3. The van der Waals surface area contributed by atoms with Crippen molar-refractivity contribution in [1.82, 2.24) is 25.4 Å². The van der Waals surface area contributed by atoms with Gasteiger partial charge in [0.05, 0.1) is 23.9 Å². The number of rotatable bonds is 9. The van der Waals surface area contributed by atoms with Gasteiger partial charge in [-0.15, -0.1) is 10.2 Å². The Morgan fingerprint density at radius 2 is 1.84 bits per heavy atom. The van der Waals surface area contributed by atoms with E-state index in [1.807, 2.05) is 53.1 Å². The normalized spacial score (nSPS) is 10.6. The predicted molar refractivity (Wildman–Crippen MR) is 120 cm³/mol. The molecule has 0 radical (unpaired) electrons. The second-order valence-corrected chi connectivity index (χ2v) is 7.79. The molecule has 1 heterocycles. The number of ether oxygens (including phenoxy) is 1. The van der Waals surface area contributed by atoms with Crippen LogP contribution >= 0.6 is 23.4 Å². The number of methoxy groups -OCH3 is 1. The number of carbonyl (C=O) groups is 2. The number of nitrogens with one attached hydrogen (secondary N) is 2. The Hall–Kier alpha value is -2.88. The number of halogens is 1. The molecule has 0 fully saturated rings. The number of thioether (sulfide) groups is 1. The van der Waals surface area contributed by atoms with Gasteiger partial charge in [-0.1, -0.05) is 65.8 Å². The van der Waals surface area contributed by atoms with Crippen LogP contribution in [0.25, 0.3) is 11.4 Å². The third-order valence-corrected chi connectivity index (χ3v) is 5.49. The number of benzene rings is 2. The number of hydrogen-bond acceptors (Lipinski definition) is 6. The van der Waals surface area contributed by atoms with Gasteiger partial charge in [0.1, 0.15) is 0 Å². The van der Waals surface area contributed by atoms with Gasteiger partial charge < -0.3 is 10.1 Å². The van der Waals surface area contributed by atoms with Crippen molar-refractivity contribution in [1.29, 1.82) is 0 Å². The van der Waals surface area contributed by atoms with Gasteiger partial charge in [0, 0.05) is 19.2 Å². The molecular formula is C21H22ClN5O3S. The number of amides is 3. The Balaban J connectivity index is 1.75. The summed E-state index contributed by atoms with van der Waals surface area (Å²) in [6.45, 7) is 1.19. The van der Waals surface area contributed by atoms with Crippen molar-refractivity contribution in [3.63, 3.8) is 0 Å². The van der Waals surface area contributed by atoms with Gasteiger partial charge in [-0.25, -0.2) is 4.79 Å². The molecule has 0 aliphatic carbocycles. The third kappa shape index (κ3) is 6.55. The topological polar surface area (TPSA) is 98.1 Å². The van der Waals surface area contributed by atoms with Gasteiger partial charge in [0.2, 0.25) is 5.91 Å². The van der Waals surface area contributed by atoms with Gasteiger partial charge in [-0.05, 0) is 17.7 Å². The van der Waals surface area contributed by atoms with E-state index in [0.29, 0.717) is 35.7 Å². The fraction of sp³-hybridized carbons (Fsp3) is 0.238. The molecule has 3 amide bonds. The highest BCUT2D eigenvalue weighted by Crippen LogP contribution is 2.29. The molecule has 0 bridgehead atoms. The molecule has 3 aromatic rings. The van der Waals surface area contributed by atoms with Crippen molar-refractivity contribution in [2.75, 3.05) is 26.0 Å². The van der Waals surface area contributed by atoms with Gasteiger partial charge in [-0.3, -0.25) is 14.7 Å². The summed E-state index contributed by atoms with van der Waals surface area (Å²) in [4.78, 5) is 23.9. The summed E-state index contributed by atoms with van der Waals surface area (Å²) in [7, 11) is 1.53. The van der Waals surface area contributed by atoms with Crippen molar-refractivity contribution in [2.45, 2.75) is 11.7 Å². The van der Waals surface area contributed by atoms with E-state index < -0.39 is 11.9 Å². The SMILES string of the molecule is COCCNC(=O)NC(=O)CSc1nnc(-c2ccccc2Cl)n1Cc1ccccc1. The third-order valence-electron chi connectivity index (χ3n) is 4.19. The molecule has 2 aromatic carbocycles. The van der Waals surface area contributed by atoms with Gasteiger partial charge in [0.15, 0.2) is 11.0 Å². The average Bonchev–Trinajstić information content (AvgIpc) is 3.15. The zero-order chi connectivity index (χ0) is 22.1. The van der Waals surface area contributed by atoms with Gasteiger partial charge in [0.25, 0.3) is 0 Å². The minimum Gasteiger partial charge on any atom is -0.383 e. The Kier molecular flexibility index (Phi) is 8.45. The van der Waals surface area contributed by atoms with Crippen LogP contribution in [0.2, 0.25) is 5.02 Å². The summed E-state index contributed by atoms with van der Waals surface area (Å²) in [5, 5.41) is 14.5. The van der Waals surface area contributed by atoms with E-state index in [4.69, 9.17) is 16.3 Å². The van der Waals surface area contributed by atoms with E-state index in [-0.39, 0.29) is 5.75 Å². The first-order valence-electron chi connectivity index (χ1n) is 9.50. The van der Waals surface area contributed by atoms with Gasteiger partial charge >= 0.3 is 6.03 Å². The van der Waals surface area contributed by atoms with Crippen LogP contribution in [0.3, 0.4) is 0 Å². The first-order chi connectivity index (χ1) is 15.1. The monoisotopic (exact) mass is 459 g/mol. The molecule has 0 saturated carbocycles. The van der Waals surface area contributed by atoms with Crippen LogP contribution in [0.5, 0.6) is 0 Å². The van der Waals surface area contributed by atoms with E-state index in [9.17, 15) is 9.59 Å². The summed E-state index contributed by atoms with van der Waals surface area (Å²) in [5.41, 5.74) is 1.81. The molecule has 1 aromatic heterocycles. The lowest BCUT2D eigenvalue weighted by Crippen LogP contribution is -2.41. The summed E-state index contributed by atoms with van der Waals surface area (Å²) in [5.74, 6) is 0.177.